The summed E-state index contributed by atoms with van der Waals surface area (Å²) in [6, 6.07) is 6.01. The molecule has 3 heterocycles. The van der Waals surface area contributed by atoms with E-state index in [0.29, 0.717) is 31.5 Å². The highest BCUT2D eigenvalue weighted by molar-refractivity contribution is 5.99. The van der Waals surface area contributed by atoms with Gasteiger partial charge in [-0.25, -0.2) is 0 Å². The van der Waals surface area contributed by atoms with Gasteiger partial charge in [0.2, 0.25) is 17.7 Å². The molecule has 0 bridgehead atoms. The van der Waals surface area contributed by atoms with Gasteiger partial charge in [0, 0.05) is 50.8 Å². The number of carbonyl (C=O) groups is 5. The molecule has 0 spiro atoms. The highest BCUT2D eigenvalue weighted by atomic mass is 16.2. The van der Waals surface area contributed by atoms with Crippen LogP contribution in [0.25, 0.3) is 0 Å². The van der Waals surface area contributed by atoms with Crippen LogP contribution >= 0.6 is 0 Å². The van der Waals surface area contributed by atoms with Crippen LogP contribution in [-0.2, 0) is 19.2 Å². The third-order valence-corrected chi connectivity index (χ3v) is 8.36. The molecule has 3 fully saturated rings. The SMILES string of the molecule is CC(=O)NC(C(=O)N1CC(=O)C2C1CCN2C(=O)CC(C)CCNC(=O)c1ccc(N2CCCC2)cc1)C(C)C. The molecule has 0 aliphatic carbocycles. The molecular formula is C30H43N5O5. The number of hydrogen-bond acceptors (Lipinski definition) is 6. The Kier molecular flexibility index (Phi) is 9.48. The Morgan fingerprint density at radius 2 is 1.65 bits per heavy atom. The van der Waals surface area contributed by atoms with Crippen LogP contribution in [0.5, 0.6) is 0 Å². The number of carbonyl (C=O) groups excluding carboxylic acids is 5. The van der Waals surface area contributed by atoms with Gasteiger partial charge >= 0.3 is 0 Å². The molecule has 218 valence electrons. The number of fused-ring (bicyclic) bond motifs is 1. The van der Waals surface area contributed by atoms with Crippen molar-refractivity contribution >= 4 is 35.1 Å². The van der Waals surface area contributed by atoms with E-state index >= 15 is 0 Å². The van der Waals surface area contributed by atoms with Gasteiger partial charge in [-0.3, -0.25) is 24.0 Å². The zero-order valence-electron chi connectivity index (χ0n) is 24.2. The van der Waals surface area contributed by atoms with Crippen molar-refractivity contribution in [2.75, 3.05) is 37.6 Å². The van der Waals surface area contributed by atoms with E-state index in [9.17, 15) is 24.0 Å². The van der Waals surface area contributed by atoms with Crippen LogP contribution in [0.4, 0.5) is 5.69 Å². The first-order valence-electron chi connectivity index (χ1n) is 14.6. The summed E-state index contributed by atoms with van der Waals surface area (Å²) in [6.07, 6.45) is 3.85. The average Bonchev–Trinajstić information content (AvgIpc) is 3.66. The Hall–Kier alpha value is -3.43. The molecular weight excluding hydrogens is 510 g/mol. The highest BCUT2D eigenvalue weighted by Gasteiger charge is 2.52. The van der Waals surface area contributed by atoms with Gasteiger partial charge in [0.1, 0.15) is 12.1 Å². The van der Waals surface area contributed by atoms with Gasteiger partial charge in [-0.05, 0) is 61.8 Å². The minimum Gasteiger partial charge on any atom is -0.372 e. The summed E-state index contributed by atoms with van der Waals surface area (Å²) in [5.41, 5.74) is 1.76. The Bertz CT molecular complexity index is 1110. The number of rotatable bonds is 10. The Labute approximate surface area is 236 Å². The average molecular weight is 554 g/mol. The summed E-state index contributed by atoms with van der Waals surface area (Å²) in [7, 11) is 0. The number of benzene rings is 1. The second-order valence-corrected chi connectivity index (χ2v) is 11.8. The van der Waals surface area contributed by atoms with Crippen molar-refractivity contribution in [2.24, 2.45) is 11.8 Å². The van der Waals surface area contributed by atoms with E-state index in [-0.39, 0.29) is 60.3 Å². The largest absolute Gasteiger partial charge is 0.372 e. The molecule has 3 aliphatic rings. The molecule has 0 aromatic heterocycles. The first kappa shape index (κ1) is 29.6. The highest BCUT2D eigenvalue weighted by Crippen LogP contribution is 2.32. The molecule has 1 aromatic rings. The summed E-state index contributed by atoms with van der Waals surface area (Å²) in [4.78, 5) is 69.1. The van der Waals surface area contributed by atoms with Crippen molar-refractivity contribution < 1.29 is 24.0 Å². The Balaban J connectivity index is 1.25. The zero-order valence-corrected chi connectivity index (χ0v) is 24.2. The molecule has 0 saturated carbocycles. The molecule has 3 aliphatic heterocycles. The maximum atomic E-state index is 13.2. The number of anilines is 1. The number of nitrogens with one attached hydrogen (secondary N) is 2. The van der Waals surface area contributed by atoms with E-state index in [2.05, 4.69) is 15.5 Å². The zero-order chi connectivity index (χ0) is 29.0. The van der Waals surface area contributed by atoms with Crippen molar-refractivity contribution in [1.29, 1.82) is 0 Å². The van der Waals surface area contributed by atoms with Crippen molar-refractivity contribution in [3.05, 3.63) is 29.8 Å². The lowest BCUT2D eigenvalue weighted by Crippen LogP contribution is -2.52. The molecule has 0 radical (unpaired) electrons. The maximum Gasteiger partial charge on any atom is 0.251 e. The van der Waals surface area contributed by atoms with Crippen molar-refractivity contribution in [3.63, 3.8) is 0 Å². The van der Waals surface area contributed by atoms with Crippen LogP contribution in [0.2, 0.25) is 0 Å². The molecule has 10 nitrogen and oxygen atoms in total. The number of hydrogen-bond donors (Lipinski definition) is 2. The fourth-order valence-electron chi connectivity index (χ4n) is 6.15. The fourth-order valence-corrected chi connectivity index (χ4v) is 6.15. The minimum atomic E-state index is -0.702. The quantitative estimate of drug-likeness (QED) is 0.457. The molecule has 1 aromatic carbocycles. The number of amides is 4. The molecule has 40 heavy (non-hydrogen) atoms. The standard InChI is InChI=1S/C30H43N5O5/c1-19(2)27(32-21(4)36)30(40)35-18-25(37)28-24(35)12-16-34(28)26(38)17-20(3)11-13-31-29(39)22-7-9-23(10-8-22)33-14-5-6-15-33/h7-10,19-20,24,27-28H,5-6,11-18H2,1-4H3,(H,31,39)(H,32,36). The number of Topliss-reactive ketones (excluding diaryl/α,β-unsaturated/α-hetero) is 1. The Morgan fingerprint density at radius 3 is 2.27 bits per heavy atom. The fraction of sp³-hybridized carbons (Fsp3) is 0.633. The van der Waals surface area contributed by atoms with E-state index in [0.717, 1.165) is 18.8 Å². The summed E-state index contributed by atoms with van der Waals surface area (Å²) in [5.74, 6) is -1.04. The lowest BCUT2D eigenvalue weighted by atomic mass is 10.0. The van der Waals surface area contributed by atoms with Crippen LogP contribution in [0.3, 0.4) is 0 Å². The summed E-state index contributed by atoms with van der Waals surface area (Å²) in [5, 5.41) is 5.66. The monoisotopic (exact) mass is 553 g/mol. The van der Waals surface area contributed by atoms with Crippen LogP contribution in [0.1, 0.15) is 70.2 Å². The van der Waals surface area contributed by atoms with Crippen molar-refractivity contribution in [1.82, 2.24) is 20.4 Å². The predicted octanol–water partition coefficient (Wildman–Crippen LogP) is 1.97. The summed E-state index contributed by atoms with van der Waals surface area (Å²) >= 11 is 0. The third kappa shape index (κ3) is 6.64. The molecule has 2 N–H and O–H groups in total. The second kappa shape index (κ2) is 12.8. The Morgan fingerprint density at radius 1 is 0.975 bits per heavy atom. The van der Waals surface area contributed by atoms with E-state index in [1.165, 1.54) is 19.8 Å². The van der Waals surface area contributed by atoms with E-state index in [1.54, 1.807) is 9.80 Å². The van der Waals surface area contributed by atoms with E-state index in [1.807, 2.05) is 45.0 Å². The van der Waals surface area contributed by atoms with Gasteiger partial charge in [-0.15, -0.1) is 0 Å². The molecule has 10 heteroatoms. The molecule has 3 saturated heterocycles. The van der Waals surface area contributed by atoms with Crippen LogP contribution in [0.15, 0.2) is 24.3 Å². The molecule has 4 unspecified atom stereocenters. The van der Waals surface area contributed by atoms with Crippen LogP contribution in [0, 0.1) is 11.8 Å². The minimum absolute atomic E-state index is 0.0173. The van der Waals surface area contributed by atoms with Crippen molar-refractivity contribution in [2.45, 2.75) is 77.9 Å². The van der Waals surface area contributed by atoms with E-state index in [4.69, 9.17) is 0 Å². The van der Waals surface area contributed by atoms with Crippen molar-refractivity contribution in [3.8, 4) is 0 Å². The normalized spacial score (nSPS) is 21.9. The van der Waals surface area contributed by atoms with Crippen LogP contribution in [-0.4, -0.2) is 90.1 Å². The summed E-state index contributed by atoms with van der Waals surface area (Å²) in [6.45, 7) is 10.00. The topological polar surface area (TPSA) is 119 Å². The first-order chi connectivity index (χ1) is 19.1. The lowest BCUT2D eigenvalue weighted by Gasteiger charge is -2.30. The van der Waals surface area contributed by atoms with Gasteiger partial charge in [-0.1, -0.05) is 20.8 Å². The second-order valence-electron chi connectivity index (χ2n) is 11.8. The molecule has 4 atom stereocenters. The smallest absolute Gasteiger partial charge is 0.251 e. The van der Waals surface area contributed by atoms with Crippen LogP contribution < -0.4 is 15.5 Å². The lowest BCUT2D eigenvalue weighted by molar-refractivity contribution is -0.138. The third-order valence-electron chi connectivity index (χ3n) is 8.36. The van der Waals surface area contributed by atoms with Gasteiger partial charge in [-0.2, -0.15) is 0 Å². The molecule has 4 amide bonds. The van der Waals surface area contributed by atoms with Gasteiger partial charge < -0.3 is 25.3 Å². The van der Waals surface area contributed by atoms with Gasteiger partial charge in [0.25, 0.3) is 5.91 Å². The van der Waals surface area contributed by atoms with Gasteiger partial charge in [0.15, 0.2) is 5.78 Å². The van der Waals surface area contributed by atoms with Gasteiger partial charge in [0.05, 0.1) is 12.6 Å². The number of nitrogens with zero attached hydrogens (tertiary/aromatic N) is 3. The predicted molar refractivity (Wildman–Crippen MR) is 152 cm³/mol. The maximum absolute atomic E-state index is 13.2. The number of ketones is 1. The molecule has 4 rings (SSSR count). The summed E-state index contributed by atoms with van der Waals surface area (Å²) < 4.78 is 0. The number of likely N-dealkylation sites (tertiary alicyclic amines) is 2. The first-order valence-corrected chi connectivity index (χ1v) is 14.6. The van der Waals surface area contributed by atoms with E-state index < -0.39 is 12.1 Å².